The Balaban J connectivity index is 2.04. The molecule has 2 unspecified atom stereocenters. The van der Waals surface area contributed by atoms with Crippen LogP contribution >= 0.6 is 0 Å². The molecule has 0 saturated heterocycles. The van der Waals surface area contributed by atoms with E-state index in [-0.39, 0.29) is 29.8 Å². The van der Waals surface area contributed by atoms with Crippen LogP contribution < -0.4 is 0 Å². The van der Waals surface area contributed by atoms with E-state index in [4.69, 9.17) is 0 Å². The van der Waals surface area contributed by atoms with E-state index >= 15 is 0 Å². The van der Waals surface area contributed by atoms with E-state index < -0.39 is 6.10 Å². The van der Waals surface area contributed by atoms with Gasteiger partial charge in [-0.3, -0.25) is 9.59 Å². The van der Waals surface area contributed by atoms with Crippen LogP contribution in [-0.4, -0.2) is 51.6 Å². The molecule has 36 heavy (non-hydrogen) atoms. The van der Waals surface area contributed by atoms with Gasteiger partial charge in [-0.25, -0.2) is 0 Å². The molecule has 5 heteroatoms. The molecule has 1 fully saturated rings. The van der Waals surface area contributed by atoms with E-state index in [0.717, 1.165) is 55.2 Å². The number of aliphatic hydroxyl groups excluding tert-OH is 2. The number of allylic oxidation sites excluding steroid dienone is 7. The van der Waals surface area contributed by atoms with E-state index in [1.54, 1.807) is 0 Å². The first-order valence-corrected chi connectivity index (χ1v) is 14.2. The van der Waals surface area contributed by atoms with Crippen LogP contribution in [0.3, 0.4) is 0 Å². The van der Waals surface area contributed by atoms with Gasteiger partial charge in [-0.1, -0.05) is 75.1 Å². The second kappa shape index (κ2) is 15.3. The molecule has 1 amide bonds. The van der Waals surface area contributed by atoms with Crippen LogP contribution in [0.1, 0.15) is 105 Å². The molecule has 0 aliphatic heterocycles. The molecule has 2 aliphatic carbocycles. The second-order valence-corrected chi connectivity index (χ2v) is 10.5. The lowest BCUT2D eigenvalue weighted by atomic mass is 9.83. The summed E-state index contributed by atoms with van der Waals surface area (Å²) >= 11 is 0. The minimum absolute atomic E-state index is 0.0208. The maximum absolute atomic E-state index is 13.8. The number of hydrogen-bond acceptors (Lipinski definition) is 4. The van der Waals surface area contributed by atoms with Gasteiger partial charge in [-0.15, -0.1) is 0 Å². The van der Waals surface area contributed by atoms with Gasteiger partial charge in [0.1, 0.15) is 0 Å². The highest BCUT2D eigenvalue weighted by atomic mass is 16.3. The van der Waals surface area contributed by atoms with Gasteiger partial charge in [0.15, 0.2) is 5.78 Å². The summed E-state index contributed by atoms with van der Waals surface area (Å²) in [5.74, 6) is 0.0316. The molecule has 2 aliphatic rings. The van der Waals surface area contributed by atoms with E-state index in [1.807, 2.05) is 43.1 Å². The molecular weight excluding hydrogens is 450 g/mol. The van der Waals surface area contributed by atoms with Crippen molar-refractivity contribution in [1.82, 2.24) is 4.90 Å². The predicted molar refractivity (Wildman–Crippen MR) is 148 cm³/mol. The fourth-order valence-corrected chi connectivity index (χ4v) is 5.88. The van der Waals surface area contributed by atoms with E-state index in [1.165, 1.54) is 0 Å². The lowest BCUT2D eigenvalue weighted by Gasteiger charge is -2.43. The highest BCUT2D eigenvalue weighted by Gasteiger charge is 2.42. The fourth-order valence-electron chi connectivity index (χ4n) is 5.88. The van der Waals surface area contributed by atoms with Crippen molar-refractivity contribution in [2.24, 2.45) is 5.92 Å². The number of ketones is 1. The Hall–Kier alpha value is -1.98. The molecule has 202 valence electrons. The summed E-state index contributed by atoms with van der Waals surface area (Å²) in [7, 11) is 0. The van der Waals surface area contributed by atoms with Crippen molar-refractivity contribution >= 4 is 11.7 Å². The molecule has 0 aromatic heterocycles. The van der Waals surface area contributed by atoms with Crippen LogP contribution in [0, 0.1) is 5.92 Å². The Labute approximate surface area is 219 Å². The molecule has 0 bridgehead atoms. The molecule has 0 heterocycles. The van der Waals surface area contributed by atoms with Crippen LogP contribution in [-0.2, 0) is 9.59 Å². The third-order valence-corrected chi connectivity index (χ3v) is 8.04. The number of rotatable bonds is 15. The molecule has 0 spiro atoms. The molecule has 0 aromatic rings. The number of Topliss-reactive ketones (excluding diaryl/α,β-unsaturated/α-hetero) is 1. The number of amides is 1. The van der Waals surface area contributed by atoms with Crippen molar-refractivity contribution in [2.75, 3.05) is 13.2 Å². The van der Waals surface area contributed by atoms with Crippen LogP contribution in [0.5, 0.6) is 0 Å². The van der Waals surface area contributed by atoms with Gasteiger partial charge in [0.05, 0.1) is 18.6 Å². The number of carbonyl (C=O) groups excluding carboxylic acids is 2. The lowest BCUT2D eigenvalue weighted by molar-refractivity contribution is -0.142. The Morgan fingerprint density at radius 3 is 2.53 bits per heavy atom. The quantitative estimate of drug-likeness (QED) is 0.207. The Morgan fingerprint density at radius 2 is 1.92 bits per heavy atom. The zero-order chi connectivity index (χ0) is 26.6. The maximum Gasteiger partial charge on any atom is 0.230 e. The molecule has 0 aromatic carbocycles. The number of carbonyl (C=O) groups is 2. The van der Waals surface area contributed by atoms with Gasteiger partial charge in [0.25, 0.3) is 0 Å². The van der Waals surface area contributed by atoms with E-state index in [9.17, 15) is 19.8 Å². The van der Waals surface area contributed by atoms with Gasteiger partial charge in [-0.2, -0.15) is 0 Å². The molecule has 2 N–H and O–H groups in total. The SMILES string of the molecule is CC/C=C(C)\C=C(/CCC(O)CCC1=CC=CCC1C(=O)N(CCO)C1(CC)CCCC1)C(=O)CC. The minimum atomic E-state index is -0.526. The maximum atomic E-state index is 13.8. The fraction of sp³-hybridized carbons (Fsp3) is 0.677. The normalized spacial score (nSPS) is 20.8. The van der Waals surface area contributed by atoms with Crippen molar-refractivity contribution in [1.29, 1.82) is 0 Å². The minimum Gasteiger partial charge on any atom is -0.395 e. The van der Waals surface area contributed by atoms with Crippen molar-refractivity contribution in [3.8, 4) is 0 Å². The number of hydrogen-bond donors (Lipinski definition) is 2. The topological polar surface area (TPSA) is 77.8 Å². The Kier molecular flexibility index (Phi) is 12.9. The van der Waals surface area contributed by atoms with E-state index in [0.29, 0.717) is 45.1 Å². The number of β-amino-alcohol motifs (C(OH)–C–C–N with tert-alkyl or cyclic N) is 1. The predicted octanol–water partition coefficient (Wildman–Crippen LogP) is 6.22. The Morgan fingerprint density at radius 1 is 1.19 bits per heavy atom. The summed E-state index contributed by atoms with van der Waals surface area (Å²) in [6.07, 6.45) is 19.2. The molecule has 2 rings (SSSR count). The van der Waals surface area contributed by atoms with Gasteiger partial charge >= 0.3 is 0 Å². The average molecular weight is 500 g/mol. The van der Waals surface area contributed by atoms with Crippen molar-refractivity contribution in [3.63, 3.8) is 0 Å². The molecule has 5 nitrogen and oxygen atoms in total. The first-order chi connectivity index (χ1) is 17.3. The standard InChI is InChI=1S/C31H49NO4/c1-5-12-24(4)23-26(29(35)6-2)16-18-27(34)17-15-25-13-8-9-14-28(25)30(36)32(21-22-33)31(7-3)19-10-11-20-31/h8-9,12-13,23,27-28,33-34H,5-7,10-11,14-22H2,1-4H3/b24-12-,26-23+. The lowest BCUT2D eigenvalue weighted by Crippen LogP contribution is -2.53. The first kappa shape index (κ1) is 30.2. The van der Waals surface area contributed by atoms with Gasteiger partial charge in [0.2, 0.25) is 5.91 Å². The first-order valence-electron chi connectivity index (χ1n) is 14.2. The smallest absolute Gasteiger partial charge is 0.230 e. The molecule has 2 atom stereocenters. The summed E-state index contributed by atoms with van der Waals surface area (Å²) in [5, 5.41) is 20.5. The number of aliphatic hydroxyl groups is 2. The summed E-state index contributed by atoms with van der Waals surface area (Å²) in [6, 6.07) is 0. The number of nitrogens with zero attached hydrogens (tertiary/aromatic N) is 1. The third-order valence-electron chi connectivity index (χ3n) is 8.04. The summed E-state index contributed by atoms with van der Waals surface area (Å²) in [4.78, 5) is 28.2. The summed E-state index contributed by atoms with van der Waals surface area (Å²) in [5.41, 5.74) is 2.80. The second-order valence-electron chi connectivity index (χ2n) is 10.5. The van der Waals surface area contributed by atoms with Crippen LogP contribution in [0.4, 0.5) is 0 Å². The van der Waals surface area contributed by atoms with Gasteiger partial charge in [0, 0.05) is 18.5 Å². The zero-order valence-corrected chi connectivity index (χ0v) is 23.1. The Bertz CT molecular complexity index is 845. The van der Waals surface area contributed by atoms with Gasteiger partial charge in [-0.05, 0) is 70.3 Å². The van der Waals surface area contributed by atoms with Crippen molar-refractivity contribution < 1.29 is 19.8 Å². The van der Waals surface area contributed by atoms with Crippen LogP contribution in [0.2, 0.25) is 0 Å². The van der Waals surface area contributed by atoms with E-state index in [2.05, 4.69) is 19.9 Å². The third kappa shape index (κ3) is 8.27. The highest BCUT2D eigenvalue weighted by molar-refractivity contribution is 5.95. The van der Waals surface area contributed by atoms with Crippen molar-refractivity contribution in [3.05, 3.63) is 47.1 Å². The molecule has 0 radical (unpaired) electrons. The molecular formula is C31H49NO4. The average Bonchev–Trinajstić information content (AvgIpc) is 3.38. The zero-order valence-electron chi connectivity index (χ0n) is 23.1. The highest BCUT2D eigenvalue weighted by Crippen LogP contribution is 2.40. The largest absolute Gasteiger partial charge is 0.395 e. The van der Waals surface area contributed by atoms with Crippen LogP contribution in [0.15, 0.2) is 47.1 Å². The van der Waals surface area contributed by atoms with Gasteiger partial charge < -0.3 is 15.1 Å². The summed E-state index contributed by atoms with van der Waals surface area (Å²) < 4.78 is 0. The van der Waals surface area contributed by atoms with Crippen LogP contribution in [0.25, 0.3) is 0 Å². The summed E-state index contributed by atoms with van der Waals surface area (Å²) in [6.45, 7) is 8.48. The monoisotopic (exact) mass is 499 g/mol. The molecule has 1 saturated carbocycles. The van der Waals surface area contributed by atoms with Crippen molar-refractivity contribution in [2.45, 2.75) is 116 Å².